The number of hydrogen-bond donors (Lipinski definition) is 2. The smallest absolute Gasteiger partial charge is 0.341 e. The van der Waals surface area contributed by atoms with Crippen LogP contribution in [0.5, 0.6) is 0 Å². The summed E-state index contributed by atoms with van der Waals surface area (Å²) in [7, 11) is 0. The first-order valence-electron chi connectivity index (χ1n) is 10.1. The normalized spacial score (nSPS) is 29.6. The van der Waals surface area contributed by atoms with Crippen LogP contribution in [0.4, 0.5) is 14.5 Å². The molecule has 2 aromatic rings. The number of aromatic nitrogens is 1. The molecule has 3 N–H and O–H groups in total. The monoisotopic (exact) mass is 430 g/mol. The Morgan fingerprint density at radius 3 is 2.81 bits per heavy atom. The van der Waals surface area contributed by atoms with Gasteiger partial charge in [-0.15, -0.1) is 0 Å². The molecule has 1 saturated carbocycles. The number of nitrogens with two attached hydrogens (primary N) is 1. The maximum atomic E-state index is 15.3. The highest BCUT2D eigenvalue weighted by molar-refractivity contribution is 5.96. The van der Waals surface area contributed by atoms with Gasteiger partial charge in [0, 0.05) is 38.2 Å². The Labute approximate surface area is 175 Å². The molecular formula is C21H20F2N4O4. The van der Waals surface area contributed by atoms with Crippen LogP contribution < -0.4 is 16.1 Å². The molecule has 162 valence electrons. The van der Waals surface area contributed by atoms with Gasteiger partial charge in [-0.05, 0) is 12.5 Å². The number of anilines is 1. The van der Waals surface area contributed by atoms with Gasteiger partial charge in [-0.3, -0.25) is 4.79 Å². The molecule has 10 heteroatoms. The minimum atomic E-state index is -1.49. The third-order valence-electron chi connectivity index (χ3n) is 6.66. The van der Waals surface area contributed by atoms with Crippen molar-refractivity contribution in [1.82, 2.24) is 4.57 Å². The Morgan fingerprint density at radius 1 is 1.45 bits per heavy atom. The lowest BCUT2D eigenvalue weighted by Gasteiger charge is -2.34. The topological polar surface area (TPSA) is 122 Å². The highest BCUT2D eigenvalue weighted by Gasteiger charge is 2.47. The van der Waals surface area contributed by atoms with Crippen molar-refractivity contribution in [3.05, 3.63) is 39.4 Å². The zero-order valence-electron chi connectivity index (χ0n) is 16.5. The van der Waals surface area contributed by atoms with Crippen molar-refractivity contribution in [1.29, 1.82) is 5.26 Å². The first kappa shape index (κ1) is 19.9. The Bertz CT molecular complexity index is 1220. The molecule has 0 spiro atoms. The van der Waals surface area contributed by atoms with Gasteiger partial charge >= 0.3 is 5.97 Å². The number of rotatable bonds is 3. The third-order valence-corrected chi connectivity index (χ3v) is 6.66. The summed E-state index contributed by atoms with van der Waals surface area (Å²) in [5.41, 5.74) is 4.24. The van der Waals surface area contributed by atoms with Crippen molar-refractivity contribution in [3.63, 3.8) is 0 Å². The number of pyridine rings is 1. The summed E-state index contributed by atoms with van der Waals surface area (Å²) >= 11 is 0. The number of hydrogen-bond acceptors (Lipinski definition) is 6. The summed E-state index contributed by atoms with van der Waals surface area (Å²) in [6.45, 7) is 1.56. The highest BCUT2D eigenvalue weighted by atomic mass is 19.1. The molecule has 0 radical (unpaired) electrons. The summed E-state index contributed by atoms with van der Waals surface area (Å²) in [4.78, 5) is 26.0. The van der Waals surface area contributed by atoms with E-state index >= 15 is 4.39 Å². The van der Waals surface area contributed by atoms with E-state index in [0.29, 0.717) is 26.2 Å². The van der Waals surface area contributed by atoms with Crippen LogP contribution in [-0.2, 0) is 4.74 Å². The van der Waals surface area contributed by atoms with E-state index in [1.54, 1.807) is 4.90 Å². The fourth-order valence-electron chi connectivity index (χ4n) is 4.94. The maximum absolute atomic E-state index is 15.3. The van der Waals surface area contributed by atoms with Crippen LogP contribution in [-0.4, -0.2) is 53.7 Å². The number of nitrogens with zero attached hydrogens (tertiary/aromatic N) is 3. The van der Waals surface area contributed by atoms with Gasteiger partial charge in [-0.25, -0.2) is 13.6 Å². The highest BCUT2D eigenvalue weighted by Crippen LogP contribution is 2.44. The van der Waals surface area contributed by atoms with E-state index in [2.05, 4.69) is 0 Å². The molecule has 3 aliphatic rings. The number of nitriles is 1. The third kappa shape index (κ3) is 2.91. The Kier molecular flexibility index (Phi) is 4.32. The number of alkyl halides is 1. The van der Waals surface area contributed by atoms with Crippen LogP contribution in [0.3, 0.4) is 0 Å². The number of benzene rings is 1. The lowest BCUT2D eigenvalue weighted by atomic mass is 9.85. The van der Waals surface area contributed by atoms with Crippen LogP contribution in [0.1, 0.15) is 34.8 Å². The zero-order chi connectivity index (χ0) is 22.1. The van der Waals surface area contributed by atoms with Crippen LogP contribution in [0, 0.1) is 23.1 Å². The number of carbonyl (C=O) groups is 1. The van der Waals surface area contributed by atoms with Gasteiger partial charge in [0.15, 0.2) is 0 Å². The quantitative estimate of drug-likeness (QED) is 0.758. The largest absolute Gasteiger partial charge is 0.477 e. The average molecular weight is 430 g/mol. The molecule has 1 aromatic carbocycles. The number of aromatic carboxylic acids is 1. The zero-order valence-corrected chi connectivity index (χ0v) is 16.5. The molecule has 1 aliphatic carbocycles. The van der Waals surface area contributed by atoms with Gasteiger partial charge in [-0.1, -0.05) is 0 Å². The molecule has 4 atom stereocenters. The summed E-state index contributed by atoms with van der Waals surface area (Å²) in [5.74, 6) is -2.25. The van der Waals surface area contributed by atoms with E-state index in [9.17, 15) is 24.3 Å². The van der Waals surface area contributed by atoms with E-state index < -0.39 is 40.5 Å². The van der Waals surface area contributed by atoms with E-state index in [1.165, 1.54) is 4.57 Å². The molecular weight excluding hydrogens is 410 g/mol. The minimum Gasteiger partial charge on any atom is -0.477 e. The first-order chi connectivity index (χ1) is 14.7. The molecule has 0 unspecified atom stereocenters. The van der Waals surface area contributed by atoms with Gasteiger partial charge in [0.2, 0.25) is 5.43 Å². The summed E-state index contributed by atoms with van der Waals surface area (Å²) in [6, 6.07) is 2.23. The SMILES string of the molecule is N#Cc1c(N2C[C@@H]3CCOC[C@@]3(N)C2)c(F)cc2c(=O)c(C(=O)O)cn([C@@H]3C[C@@H]3F)c12. The van der Waals surface area contributed by atoms with Crippen molar-refractivity contribution in [2.24, 2.45) is 11.7 Å². The van der Waals surface area contributed by atoms with Crippen molar-refractivity contribution in [3.8, 4) is 6.07 Å². The molecule has 1 aromatic heterocycles. The number of fused-ring (bicyclic) bond motifs is 2. The molecule has 0 amide bonds. The molecule has 2 saturated heterocycles. The molecule has 5 rings (SSSR count). The van der Waals surface area contributed by atoms with E-state index in [-0.39, 0.29) is 41.0 Å². The van der Waals surface area contributed by atoms with Crippen LogP contribution in [0.15, 0.2) is 17.1 Å². The standard InChI is InChI=1S/C21H20F2N4O4/c22-14-4-16(14)27-7-13(20(29)30)19(28)11-3-15(23)18(12(5-24)17(11)27)26-6-10-1-2-31-9-21(10,25)8-26/h3,7,10,14,16H,1-2,4,6,8-9,25H2,(H,29,30)/t10-,14-,16+,21-/m0/s1. The van der Waals surface area contributed by atoms with Gasteiger partial charge in [0.25, 0.3) is 0 Å². The van der Waals surface area contributed by atoms with Crippen molar-refractivity contribution >= 4 is 22.6 Å². The van der Waals surface area contributed by atoms with E-state index in [0.717, 1.165) is 12.3 Å². The predicted octanol–water partition coefficient (Wildman–Crippen LogP) is 1.55. The second-order valence-corrected chi connectivity index (χ2v) is 8.65. The van der Waals surface area contributed by atoms with Crippen molar-refractivity contribution in [2.45, 2.75) is 30.6 Å². The first-order valence-corrected chi connectivity index (χ1v) is 10.1. The van der Waals surface area contributed by atoms with Crippen LogP contribution in [0.2, 0.25) is 0 Å². The summed E-state index contributed by atoms with van der Waals surface area (Å²) < 4.78 is 36.1. The molecule has 8 nitrogen and oxygen atoms in total. The second kappa shape index (κ2) is 6.73. The molecule has 3 fully saturated rings. The van der Waals surface area contributed by atoms with Crippen LogP contribution in [0.25, 0.3) is 10.9 Å². The van der Waals surface area contributed by atoms with Crippen molar-refractivity contribution in [2.75, 3.05) is 31.2 Å². The van der Waals surface area contributed by atoms with Gasteiger partial charge in [0.1, 0.15) is 29.2 Å². The Hall–Kier alpha value is -3.03. The fourth-order valence-corrected chi connectivity index (χ4v) is 4.94. The average Bonchev–Trinajstić information content (AvgIpc) is 3.33. The van der Waals surface area contributed by atoms with E-state index in [1.807, 2.05) is 6.07 Å². The number of carboxylic acids is 1. The Balaban J connectivity index is 1.75. The predicted molar refractivity (Wildman–Crippen MR) is 106 cm³/mol. The fraction of sp³-hybridized carbons (Fsp3) is 0.476. The second-order valence-electron chi connectivity index (χ2n) is 8.65. The number of halogens is 2. The lowest BCUT2D eigenvalue weighted by Crippen LogP contribution is -2.54. The lowest BCUT2D eigenvalue weighted by molar-refractivity contribution is 0.0203. The van der Waals surface area contributed by atoms with Crippen LogP contribution >= 0.6 is 0 Å². The number of ether oxygens (including phenoxy) is 1. The minimum absolute atomic E-state index is 0.00140. The molecule has 31 heavy (non-hydrogen) atoms. The molecule has 3 heterocycles. The molecule has 0 bridgehead atoms. The van der Waals surface area contributed by atoms with Gasteiger partial charge < -0.3 is 25.0 Å². The Morgan fingerprint density at radius 2 is 2.19 bits per heavy atom. The van der Waals surface area contributed by atoms with E-state index in [4.69, 9.17) is 10.5 Å². The summed E-state index contributed by atoms with van der Waals surface area (Å²) in [6.07, 6.45) is 0.667. The van der Waals surface area contributed by atoms with Gasteiger partial charge in [-0.2, -0.15) is 5.26 Å². The summed E-state index contributed by atoms with van der Waals surface area (Å²) in [5, 5.41) is 19.1. The van der Waals surface area contributed by atoms with Gasteiger partial charge in [0.05, 0.1) is 34.8 Å². The number of carboxylic acid groups (broad SMARTS) is 1. The van der Waals surface area contributed by atoms with Crippen molar-refractivity contribution < 1.29 is 23.4 Å². The molecule has 2 aliphatic heterocycles. The maximum Gasteiger partial charge on any atom is 0.341 e.